The molecule has 9 nitrogen and oxygen atoms in total. The highest BCUT2D eigenvalue weighted by Crippen LogP contribution is 2.46. The van der Waals surface area contributed by atoms with Gasteiger partial charge in [-0.1, -0.05) is 78.1 Å². The number of rotatable bonds is 15. The molecule has 0 bridgehead atoms. The molecule has 5 heterocycles. The Morgan fingerprint density at radius 3 is 2.21 bits per heavy atom. The molecule has 212 valence electrons. The number of nitrogens with zero attached hydrogens (tertiary/aromatic N) is 5. The average Bonchev–Trinajstić information content (AvgIpc) is 3.69. The lowest BCUT2D eigenvalue weighted by Gasteiger charge is -2.30. The second-order valence-electron chi connectivity index (χ2n) is 10.7. The Kier molecular flexibility index (Phi) is 10.4. The molecule has 2 saturated heterocycles. The number of imidazole rings is 2. The van der Waals surface area contributed by atoms with Crippen LogP contribution in [0.25, 0.3) is 16.8 Å². The van der Waals surface area contributed by atoms with E-state index < -0.39 is 18.1 Å². The van der Waals surface area contributed by atoms with Crippen molar-refractivity contribution < 1.29 is 19.3 Å². The molecule has 0 spiro atoms. The van der Waals surface area contributed by atoms with Gasteiger partial charge in [0.15, 0.2) is 28.8 Å². The van der Waals surface area contributed by atoms with Crippen LogP contribution in [0, 0.1) is 0 Å². The number of ether oxygens (including phenoxy) is 3. The molecule has 0 unspecified atom stereocenters. The Bertz CT molecular complexity index is 1140. The summed E-state index contributed by atoms with van der Waals surface area (Å²) in [5.41, 5.74) is 2.14. The van der Waals surface area contributed by atoms with Crippen LogP contribution in [0.2, 0.25) is 0 Å². The van der Waals surface area contributed by atoms with E-state index in [9.17, 15) is 5.11 Å². The van der Waals surface area contributed by atoms with E-state index in [1.165, 1.54) is 64.2 Å². The predicted molar refractivity (Wildman–Crippen MR) is 148 cm³/mol. The van der Waals surface area contributed by atoms with Crippen molar-refractivity contribution in [2.45, 2.75) is 128 Å². The number of hydrogen-bond acceptors (Lipinski definition) is 7. The molecular formula is C28H44ClN5O4. The minimum absolute atomic E-state index is 0. The first-order valence-electron chi connectivity index (χ1n) is 14.5. The van der Waals surface area contributed by atoms with E-state index in [-0.39, 0.29) is 31.2 Å². The molecule has 38 heavy (non-hydrogen) atoms. The van der Waals surface area contributed by atoms with Crippen molar-refractivity contribution in [3.05, 3.63) is 25.0 Å². The number of hydrogen-bond donors (Lipinski definition) is 1. The van der Waals surface area contributed by atoms with Crippen molar-refractivity contribution in [3.8, 4) is 0 Å². The summed E-state index contributed by atoms with van der Waals surface area (Å²) < 4.78 is 23.2. The van der Waals surface area contributed by atoms with Crippen LogP contribution in [0.4, 0.5) is 0 Å². The van der Waals surface area contributed by atoms with Gasteiger partial charge >= 0.3 is 0 Å². The van der Waals surface area contributed by atoms with E-state index in [1.807, 2.05) is 15.2 Å². The number of unbranched alkanes of at least 4 members (excludes halogenated alkanes) is 10. The normalized spacial score (nSPS) is 26.8. The monoisotopic (exact) mass is 549 g/mol. The van der Waals surface area contributed by atoms with Crippen molar-refractivity contribution in [3.63, 3.8) is 0 Å². The fraction of sp³-hybridized carbons (Fsp3) is 0.750. The molecule has 0 aliphatic carbocycles. The Hall–Kier alpha value is -1.78. The van der Waals surface area contributed by atoms with Gasteiger partial charge in [-0.25, -0.2) is 15.0 Å². The lowest BCUT2D eigenvalue weighted by molar-refractivity contribution is -0.225. The van der Waals surface area contributed by atoms with Gasteiger partial charge in [0.2, 0.25) is 0 Å². The zero-order chi connectivity index (χ0) is 25.7. The van der Waals surface area contributed by atoms with Crippen molar-refractivity contribution in [1.29, 1.82) is 0 Å². The summed E-state index contributed by atoms with van der Waals surface area (Å²) in [6, 6.07) is 0. The molecule has 10 heteroatoms. The first kappa shape index (κ1) is 29.2. The van der Waals surface area contributed by atoms with Crippen LogP contribution in [0.1, 0.15) is 104 Å². The smallest absolute Gasteiger partial charge is 0.169 e. The molecule has 2 aliphatic rings. The van der Waals surface area contributed by atoms with Gasteiger partial charge in [-0.3, -0.25) is 8.97 Å². The minimum Gasteiger partial charge on any atom is -0.394 e. The molecule has 2 aliphatic heterocycles. The van der Waals surface area contributed by atoms with Crippen LogP contribution in [-0.2, 0) is 14.2 Å². The second kappa shape index (κ2) is 13.5. The first-order chi connectivity index (χ1) is 18.2. The maximum absolute atomic E-state index is 10.1. The van der Waals surface area contributed by atoms with Crippen LogP contribution in [0.5, 0.6) is 0 Å². The molecule has 1 N–H and O–H groups in total. The summed E-state index contributed by atoms with van der Waals surface area (Å²) in [6.07, 6.45) is 21.5. The van der Waals surface area contributed by atoms with Gasteiger partial charge < -0.3 is 19.3 Å². The quantitative estimate of drug-likeness (QED) is 0.233. The second-order valence-corrected chi connectivity index (χ2v) is 10.7. The van der Waals surface area contributed by atoms with Crippen molar-refractivity contribution >= 4 is 29.2 Å². The Labute approximate surface area is 231 Å². The van der Waals surface area contributed by atoms with Crippen molar-refractivity contribution in [1.82, 2.24) is 23.9 Å². The first-order valence-corrected chi connectivity index (χ1v) is 14.5. The van der Waals surface area contributed by atoms with Gasteiger partial charge in [-0.15, -0.1) is 12.4 Å². The summed E-state index contributed by atoms with van der Waals surface area (Å²) in [7, 11) is 0. The van der Waals surface area contributed by atoms with Crippen molar-refractivity contribution in [2.24, 2.45) is 0 Å². The van der Waals surface area contributed by atoms with Crippen LogP contribution in [0.15, 0.2) is 25.0 Å². The average molecular weight is 550 g/mol. The van der Waals surface area contributed by atoms with Gasteiger partial charge in [0.1, 0.15) is 24.6 Å². The summed E-state index contributed by atoms with van der Waals surface area (Å²) in [6.45, 7) is 4.27. The SMILES string of the molecule is CCCCCCCCCCCCC[C@]1(CC)O[C@@H]2[C@H](O1)[C@@H](CO)O[C@H]2n1cnc2c1ncn1ccnc21.Cl. The van der Waals surface area contributed by atoms with E-state index in [4.69, 9.17) is 14.2 Å². The molecule has 2 fully saturated rings. The van der Waals surface area contributed by atoms with Gasteiger partial charge in [0, 0.05) is 18.8 Å². The molecule has 5 atom stereocenters. The topological polar surface area (TPSA) is 95.9 Å². The molecule has 5 rings (SSSR count). The third kappa shape index (κ3) is 6.02. The van der Waals surface area contributed by atoms with E-state index in [1.54, 1.807) is 18.9 Å². The molecular weight excluding hydrogens is 506 g/mol. The van der Waals surface area contributed by atoms with E-state index >= 15 is 0 Å². The van der Waals surface area contributed by atoms with E-state index in [0.717, 1.165) is 24.9 Å². The molecule has 3 aromatic heterocycles. The lowest BCUT2D eigenvalue weighted by Crippen LogP contribution is -2.35. The molecule has 0 saturated carbocycles. The van der Waals surface area contributed by atoms with Crippen LogP contribution >= 0.6 is 12.4 Å². The third-order valence-electron chi connectivity index (χ3n) is 8.09. The van der Waals surface area contributed by atoms with Crippen molar-refractivity contribution in [2.75, 3.05) is 6.61 Å². The fourth-order valence-corrected chi connectivity index (χ4v) is 5.92. The highest BCUT2D eigenvalue weighted by molar-refractivity contribution is 5.85. The molecule has 0 aromatic carbocycles. The molecule has 0 radical (unpaired) electrons. The fourth-order valence-electron chi connectivity index (χ4n) is 5.92. The van der Waals surface area contributed by atoms with Gasteiger partial charge in [-0.05, 0) is 12.8 Å². The Morgan fingerprint density at radius 2 is 1.53 bits per heavy atom. The predicted octanol–water partition coefficient (Wildman–Crippen LogP) is 5.98. The van der Waals surface area contributed by atoms with Gasteiger partial charge in [0.05, 0.1) is 12.9 Å². The Balaban J connectivity index is 0.00000336. The summed E-state index contributed by atoms with van der Waals surface area (Å²) in [4.78, 5) is 13.6. The number of aromatic nitrogens is 5. The van der Waals surface area contributed by atoms with Crippen LogP contribution in [-0.4, -0.2) is 59.7 Å². The van der Waals surface area contributed by atoms with Crippen LogP contribution in [0.3, 0.4) is 0 Å². The van der Waals surface area contributed by atoms with Gasteiger partial charge in [0.25, 0.3) is 0 Å². The minimum atomic E-state index is -0.635. The highest BCUT2D eigenvalue weighted by Gasteiger charge is 2.58. The summed E-state index contributed by atoms with van der Waals surface area (Å²) in [5.74, 6) is -0.635. The maximum Gasteiger partial charge on any atom is 0.169 e. The zero-order valence-corrected chi connectivity index (χ0v) is 23.7. The molecule has 3 aromatic rings. The third-order valence-corrected chi connectivity index (χ3v) is 8.09. The van der Waals surface area contributed by atoms with E-state index in [0.29, 0.717) is 11.2 Å². The van der Waals surface area contributed by atoms with Gasteiger partial charge in [-0.2, -0.15) is 0 Å². The summed E-state index contributed by atoms with van der Waals surface area (Å²) >= 11 is 0. The largest absolute Gasteiger partial charge is 0.394 e. The Morgan fingerprint density at radius 1 is 0.842 bits per heavy atom. The standard InChI is InChI=1S/C28H43N5O4.ClH/c1-3-5-6-7-8-9-10-11-12-13-14-15-28(4-2)36-23-21(18-34)35-27(24(23)37-28)33-20-30-22-25-29-16-17-32(25)19-31-26(22)33;/h16-17,19-21,23-24,27,34H,3-15,18H2,1-2H3;1H/t21-,23-,24-,27-,28+;/m1./s1. The number of halogens is 1. The zero-order valence-electron chi connectivity index (χ0n) is 22.8. The van der Waals surface area contributed by atoms with Crippen LogP contribution < -0.4 is 0 Å². The number of aliphatic hydroxyl groups is 1. The molecule has 0 amide bonds. The lowest BCUT2D eigenvalue weighted by atomic mass is 10.0. The number of aliphatic hydroxyl groups excluding tert-OH is 1. The number of fused-ring (bicyclic) bond motifs is 4. The maximum atomic E-state index is 10.1. The summed E-state index contributed by atoms with van der Waals surface area (Å²) in [5, 5.41) is 10.1. The highest BCUT2D eigenvalue weighted by atomic mass is 35.5. The van der Waals surface area contributed by atoms with E-state index in [2.05, 4.69) is 28.8 Å².